The first-order chi connectivity index (χ1) is 9.56. The van der Waals surface area contributed by atoms with Gasteiger partial charge in [-0.1, -0.05) is 43.8 Å². The van der Waals surface area contributed by atoms with Gasteiger partial charge in [0.2, 0.25) is 5.16 Å². The Morgan fingerprint density at radius 2 is 2.05 bits per heavy atom. The summed E-state index contributed by atoms with van der Waals surface area (Å²) in [7, 11) is 0. The number of aryl methyl sites for hydroxylation is 2. The first-order valence-electron chi connectivity index (χ1n) is 6.98. The molecule has 5 heteroatoms. The summed E-state index contributed by atoms with van der Waals surface area (Å²) in [5.41, 5.74) is 7.57. The van der Waals surface area contributed by atoms with Crippen LogP contribution in [0.1, 0.15) is 48.3 Å². The van der Waals surface area contributed by atoms with Gasteiger partial charge in [-0.25, -0.2) is 4.68 Å². The standard InChI is InChI=1S/C15H20N4S/c1-9(2)14-16-17-15-19(14)18-13(8-20-15)12-6-5-10(3)11(4)7-12/h5-7,9,13,18H,8H2,1-4H3. The maximum atomic E-state index is 4.29. The van der Waals surface area contributed by atoms with Crippen molar-refractivity contribution in [2.45, 2.75) is 44.8 Å². The van der Waals surface area contributed by atoms with E-state index in [2.05, 4.69) is 66.2 Å². The van der Waals surface area contributed by atoms with Gasteiger partial charge in [0.05, 0.1) is 6.04 Å². The van der Waals surface area contributed by atoms with Crippen LogP contribution < -0.4 is 5.43 Å². The number of fused-ring (bicyclic) bond motifs is 1. The van der Waals surface area contributed by atoms with Crippen LogP contribution in [0.5, 0.6) is 0 Å². The summed E-state index contributed by atoms with van der Waals surface area (Å²) in [5.74, 6) is 2.35. The molecule has 0 spiro atoms. The van der Waals surface area contributed by atoms with Gasteiger partial charge in [-0.05, 0) is 30.5 Å². The summed E-state index contributed by atoms with van der Waals surface area (Å²) >= 11 is 1.77. The van der Waals surface area contributed by atoms with Gasteiger partial charge in [-0.3, -0.25) is 0 Å². The second kappa shape index (κ2) is 5.13. The van der Waals surface area contributed by atoms with Crippen LogP contribution in [0.2, 0.25) is 0 Å². The summed E-state index contributed by atoms with van der Waals surface area (Å²) in [6.07, 6.45) is 0. The van der Waals surface area contributed by atoms with Crippen LogP contribution >= 0.6 is 11.8 Å². The molecule has 1 N–H and O–H groups in total. The minimum atomic E-state index is 0.306. The van der Waals surface area contributed by atoms with Crippen LogP contribution in [0, 0.1) is 13.8 Å². The Kier molecular flexibility index (Phi) is 3.46. The quantitative estimate of drug-likeness (QED) is 0.919. The third-order valence-electron chi connectivity index (χ3n) is 3.77. The van der Waals surface area contributed by atoms with Gasteiger partial charge in [0.1, 0.15) is 0 Å². The van der Waals surface area contributed by atoms with Crippen LogP contribution in [0.4, 0.5) is 0 Å². The Balaban J connectivity index is 1.91. The van der Waals surface area contributed by atoms with Crippen molar-refractivity contribution in [2.75, 3.05) is 11.2 Å². The molecular weight excluding hydrogens is 268 g/mol. The lowest BCUT2D eigenvalue weighted by Crippen LogP contribution is -2.29. The Bertz CT molecular complexity index is 633. The zero-order chi connectivity index (χ0) is 14.3. The molecule has 20 heavy (non-hydrogen) atoms. The number of benzene rings is 1. The molecule has 1 aliphatic rings. The van der Waals surface area contributed by atoms with Crippen molar-refractivity contribution in [2.24, 2.45) is 0 Å². The Hall–Kier alpha value is -1.49. The number of rotatable bonds is 2. The number of aromatic nitrogens is 3. The highest BCUT2D eigenvalue weighted by Crippen LogP contribution is 2.31. The lowest BCUT2D eigenvalue weighted by atomic mass is 10.0. The molecule has 0 amide bonds. The average molecular weight is 288 g/mol. The minimum Gasteiger partial charge on any atom is -0.314 e. The molecule has 106 valence electrons. The van der Waals surface area contributed by atoms with Gasteiger partial charge < -0.3 is 5.43 Å². The fourth-order valence-electron chi connectivity index (χ4n) is 2.37. The summed E-state index contributed by atoms with van der Waals surface area (Å²) in [5, 5.41) is 9.50. The van der Waals surface area contributed by atoms with Crippen LogP contribution in [-0.4, -0.2) is 20.6 Å². The van der Waals surface area contributed by atoms with Crippen LogP contribution in [0.25, 0.3) is 0 Å². The zero-order valence-electron chi connectivity index (χ0n) is 12.3. The van der Waals surface area contributed by atoms with Gasteiger partial charge in [-0.15, -0.1) is 10.2 Å². The lowest BCUT2D eigenvalue weighted by molar-refractivity contribution is 0.611. The number of thioether (sulfide) groups is 1. The molecule has 0 radical (unpaired) electrons. The molecule has 0 aliphatic carbocycles. The molecule has 0 fully saturated rings. The largest absolute Gasteiger partial charge is 0.314 e. The van der Waals surface area contributed by atoms with E-state index in [1.807, 2.05) is 0 Å². The van der Waals surface area contributed by atoms with Gasteiger partial charge in [0, 0.05) is 11.7 Å². The molecule has 4 nitrogen and oxygen atoms in total. The predicted molar refractivity (Wildman–Crippen MR) is 82.9 cm³/mol. The molecule has 2 heterocycles. The Labute approximate surface area is 124 Å². The summed E-state index contributed by atoms with van der Waals surface area (Å²) < 4.78 is 2.05. The second-order valence-corrected chi connectivity index (χ2v) is 6.65. The number of hydrogen-bond donors (Lipinski definition) is 1. The van der Waals surface area contributed by atoms with Crippen molar-refractivity contribution in [3.8, 4) is 0 Å². The highest BCUT2D eigenvalue weighted by Gasteiger charge is 2.25. The van der Waals surface area contributed by atoms with E-state index in [0.29, 0.717) is 12.0 Å². The van der Waals surface area contributed by atoms with Gasteiger partial charge in [-0.2, -0.15) is 0 Å². The minimum absolute atomic E-state index is 0.306. The third-order valence-corrected chi connectivity index (χ3v) is 4.79. The second-order valence-electron chi connectivity index (χ2n) is 5.67. The Morgan fingerprint density at radius 3 is 2.75 bits per heavy atom. The maximum absolute atomic E-state index is 4.29. The van der Waals surface area contributed by atoms with E-state index >= 15 is 0 Å². The van der Waals surface area contributed by atoms with E-state index in [0.717, 1.165) is 16.7 Å². The molecule has 1 aliphatic heterocycles. The molecule has 3 rings (SSSR count). The van der Waals surface area contributed by atoms with E-state index < -0.39 is 0 Å². The first kappa shape index (κ1) is 13.5. The SMILES string of the molecule is Cc1ccc(C2CSc3nnc(C(C)C)n3N2)cc1C. The number of nitrogens with one attached hydrogen (secondary N) is 1. The average Bonchev–Trinajstić information content (AvgIpc) is 2.85. The monoisotopic (exact) mass is 288 g/mol. The van der Waals surface area contributed by atoms with Crippen molar-refractivity contribution >= 4 is 11.8 Å². The third kappa shape index (κ3) is 2.30. The topological polar surface area (TPSA) is 42.7 Å². The highest BCUT2D eigenvalue weighted by molar-refractivity contribution is 7.99. The summed E-state index contributed by atoms with van der Waals surface area (Å²) in [6.45, 7) is 8.60. The van der Waals surface area contributed by atoms with E-state index in [9.17, 15) is 0 Å². The molecule has 1 unspecified atom stereocenters. The predicted octanol–water partition coefficient (Wildman–Crippen LogP) is 3.41. The molecule has 0 bridgehead atoms. The van der Waals surface area contributed by atoms with Crippen molar-refractivity contribution in [3.05, 3.63) is 40.7 Å². The number of nitrogens with zero attached hydrogens (tertiary/aromatic N) is 3. The fourth-order valence-corrected chi connectivity index (χ4v) is 3.33. The molecule has 0 saturated carbocycles. The van der Waals surface area contributed by atoms with Crippen LogP contribution in [0.3, 0.4) is 0 Å². The van der Waals surface area contributed by atoms with Crippen molar-refractivity contribution in [1.29, 1.82) is 0 Å². The molecule has 1 aromatic carbocycles. The normalized spacial score (nSPS) is 17.9. The van der Waals surface area contributed by atoms with E-state index in [1.165, 1.54) is 16.7 Å². The Morgan fingerprint density at radius 1 is 1.25 bits per heavy atom. The van der Waals surface area contributed by atoms with E-state index in [1.54, 1.807) is 11.8 Å². The molecule has 0 saturated heterocycles. The molecular formula is C15H20N4S. The number of hydrogen-bond acceptors (Lipinski definition) is 4. The van der Waals surface area contributed by atoms with Gasteiger partial charge >= 0.3 is 0 Å². The summed E-state index contributed by atoms with van der Waals surface area (Å²) in [6, 6.07) is 6.99. The fraction of sp³-hybridized carbons (Fsp3) is 0.467. The van der Waals surface area contributed by atoms with Crippen LogP contribution in [-0.2, 0) is 0 Å². The molecule has 2 aromatic rings. The summed E-state index contributed by atoms with van der Waals surface area (Å²) in [4.78, 5) is 0. The lowest BCUT2D eigenvalue weighted by Gasteiger charge is -2.27. The zero-order valence-corrected chi connectivity index (χ0v) is 13.2. The van der Waals surface area contributed by atoms with E-state index in [-0.39, 0.29) is 0 Å². The van der Waals surface area contributed by atoms with Gasteiger partial charge in [0.25, 0.3) is 0 Å². The van der Waals surface area contributed by atoms with E-state index in [4.69, 9.17) is 0 Å². The highest BCUT2D eigenvalue weighted by atomic mass is 32.2. The molecule has 1 atom stereocenters. The first-order valence-corrected chi connectivity index (χ1v) is 7.96. The van der Waals surface area contributed by atoms with Crippen LogP contribution in [0.15, 0.2) is 23.4 Å². The van der Waals surface area contributed by atoms with Gasteiger partial charge in [0.15, 0.2) is 5.82 Å². The van der Waals surface area contributed by atoms with Crippen molar-refractivity contribution in [3.63, 3.8) is 0 Å². The maximum Gasteiger partial charge on any atom is 0.210 e. The van der Waals surface area contributed by atoms with Crippen molar-refractivity contribution in [1.82, 2.24) is 14.9 Å². The smallest absolute Gasteiger partial charge is 0.210 e. The molecule has 1 aromatic heterocycles. The van der Waals surface area contributed by atoms with Crippen molar-refractivity contribution < 1.29 is 0 Å².